The molecule has 0 fully saturated rings. The summed E-state index contributed by atoms with van der Waals surface area (Å²) in [6.07, 6.45) is -4.81. The molecule has 0 aliphatic rings. The van der Waals surface area contributed by atoms with Crippen LogP contribution < -0.4 is 14.4 Å². The van der Waals surface area contributed by atoms with Gasteiger partial charge in [-0.15, -0.1) is 0 Å². The number of nitrogens with zero attached hydrogens (tertiary/aromatic N) is 2. The summed E-state index contributed by atoms with van der Waals surface area (Å²) in [6.45, 7) is 3.88. The Morgan fingerprint density at radius 2 is 1.64 bits per heavy atom. The zero-order valence-corrected chi connectivity index (χ0v) is 24.9. The normalized spacial score (nSPS) is 12.5. The molecule has 3 aromatic carbocycles. The Balaban J connectivity index is 2.13. The van der Waals surface area contributed by atoms with Gasteiger partial charge in [0.15, 0.2) is 0 Å². The third kappa shape index (κ3) is 7.95. The molecular weight excluding hydrogens is 595 g/mol. The lowest BCUT2D eigenvalue weighted by molar-refractivity contribution is -0.139. The minimum absolute atomic E-state index is 0.127. The van der Waals surface area contributed by atoms with Crippen molar-refractivity contribution in [3.63, 3.8) is 0 Å². The summed E-state index contributed by atoms with van der Waals surface area (Å²) >= 11 is 6.25. The maximum Gasteiger partial charge on any atom is 0.416 e. The Kier molecular flexibility index (Phi) is 10.5. The predicted octanol–water partition coefficient (Wildman–Crippen LogP) is 5.50. The second-order valence-electron chi connectivity index (χ2n) is 9.70. The summed E-state index contributed by atoms with van der Waals surface area (Å²) in [5.74, 6) is -0.865. The largest absolute Gasteiger partial charge is 0.497 e. The lowest BCUT2D eigenvalue weighted by Gasteiger charge is -2.32. The number of hydrogen-bond donors (Lipinski definition) is 1. The highest BCUT2D eigenvalue weighted by molar-refractivity contribution is 7.92. The highest BCUT2D eigenvalue weighted by atomic mass is 35.5. The summed E-state index contributed by atoms with van der Waals surface area (Å²) in [5.41, 5.74) is -1.12. The zero-order chi connectivity index (χ0) is 31.2. The average Bonchev–Trinajstić information content (AvgIpc) is 2.94. The predicted molar refractivity (Wildman–Crippen MR) is 154 cm³/mol. The molecule has 0 saturated heterocycles. The number of carbonyl (C=O) groups excluding carboxylic acids is 2. The lowest BCUT2D eigenvalue weighted by Crippen LogP contribution is -2.52. The average molecular weight is 626 g/mol. The number of methoxy groups -OCH3 is 1. The van der Waals surface area contributed by atoms with Crippen molar-refractivity contribution < 1.29 is 35.9 Å². The minimum Gasteiger partial charge on any atom is -0.497 e. The van der Waals surface area contributed by atoms with Crippen LogP contribution in [0.15, 0.2) is 77.7 Å². The minimum atomic E-state index is -4.81. The van der Waals surface area contributed by atoms with E-state index in [1.807, 2.05) is 0 Å². The Morgan fingerprint density at radius 3 is 2.24 bits per heavy atom. The van der Waals surface area contributed by atoms with Crippen LogP contribution in [0.2, 0.25) is 5.02 Å². The van der Waals surface area contributed by atoms with Gasteiger partial charge in [-0.25, -0.2) is 8.42 Å². The molecule has 0 aliphatic carbocycles. The van der Waals surface area contributed by atoms with E-state index in [4.69, 9.17) is 16.3 Å². The van der Waals surface area contributed by atoms with Crippen molar-refractivity contribution in [2.75, 3.05) is 18.0 Å². The Morgan fingerprint density at radius 1 is 0.976 bits per heavy atom. The molecule has 1 N–H and O–H groups in total. The number of benzene rings is 3. The standard InChI is InChI=1S/C29H31ClF3N3O5S/c1-19(2)34-28(38)20(3)35(17-21-9-8-10-23(15-21)41-4)27(37)18-36(42(39,40)24-11-6-5-7-12-24)26-16-22(29(31,32)33)13-14-25(26)30/h5-16,19-20H,17-18H2,1-4H3,(H,34,38)/t20-/m1/s1. The van der Waals surface area contributed by atoms with Gasteiger partial charge in [-0.2, -0.15) is 13.2 Å². The zero-order valence-electron chi connectivity index (χ0n) is 23.4. The summed E-state index contributed by atoms with van der Waals surface area (Å²) < 4.78 is 74.3. The number of amides is 2. The molecule has 0 unspecified atom stereocenters. The molecule has 3 rings (SSSR count). The van der Waals surface area contributed by atoms with E-state index in [0.29, 0.717) is 27.8 Å². The van der Waals surface area contributed by atoms with Gasteiger partial charge in [0, 0.05) is 12.6 Å². The number of anilines is 1. The molecule has 0 radical (unpaired) electrons. The van der Waals surface area contributed by atoms with E-state index >= 15 is 0 Å². The third-order valence-electron chi connectivity index (χ3n) is 6.24. The van der Waals surface area contributed by atoms with Crippen molar-refractivity contribution in [3.05, 3.63) is 88.9 Å². The fraction of sp³-hybridized carbons (Fsp3) is 0.310. The van der Waals surface area contributed by atoms with Crippen LogP contribution in [-0.4, -0.2) is 50.9 Å². The second-order valence-corrected chi connectivity index (χ2v) is 12.0. The van der Waals surface area contributed by atoms with Gasteiger partial charge in [-0.3, -0.25) is 13.9 Å². The van der Waals surface area contributed by atoms with E-state index in [-0.39, 0.29) is 22.5 Å². The summed E-state index contributed by atoms with van der Waals surface area (Å²) in [7, 11) is -3.14. The van der Waals surface area contributed by atoms with Crippen LogP contribution in [0.25, 0.3) is 0 Å². The van der Waals surface area contributed by atoms with E-state index in [1.54, 1.807) is 44.2 Å². The SMILES string of the molecule is COc1cccc(CN(C(=O)CN(c2cc(C(F)(F)F)ccc2Cl)S(=O)(=O)c2ccccc2)[C@H](C)C(=O)NC(C)C)c1. The fourth-order valence-corrected chi connectivity index (χ4v) is 5.78. The van der Waals surface area contributed by atoms with Gasteiger partial charge in [-0.05, 0) is 68.8 Å². The number of carbonyl (C=O) groups is 2. The van der Waals surface area contributed by atoms with Gasteiger partial charge in [-0.1, -0.05) is 41.9 Å². The lowest BCUT2D eigenvalue weighted by atomic mass is 10.1. The van der Waals surface area contributed by atoms with Gasteiger partial charge in [0.1, 0.15) is 18.3 Å². The molecule has 0 aliphatic heterocycles. The maximum atomic E-state index is 13.9. The number of sulfonamides is 1. The number of ether oxygens (including phenoxy) is 1. The monoisotopic (exact) mass is 625 g/mol. The van der Waals surface area contributed by atoms with Gasteiger partial charge >= 0.3 is 6.18 Å². The molecule has 13 heteroatoms. The first-order valence-corrected chi connectivity index (χ1v) is 14.6. The summed E-state index contributed by atoms with van der Waals surface area (Å²) in [6, 6.07) is 14.5. The van der Waals surface area contributed by atoms with Crippen molar-refractivity contribution in [2.24, 2.45) is 0 Å². The Hall–Kier alpha value is -3.77. The van der Waals surface area contributed by atoms with Crippen molar-refractivity contribution in [1.29, 1.82) is 0 Å². The van der Waals surface area contributed by atoms with E-state index in [2.05, 4.69) is 5.32 Å². The molecule has 3 aromatic rings. The molecule has 0 heterocycles. The second kappa shape index (κ2) is 13.5. The van der Waals surface area contributed by atoms with E-state index in [9.17, 15) is 31.2 Å². The molecule has 0 bridgehead atoms. The smallest absolute Gasteiger partial charge is 0.416 e. The number of hydrogen-bond acceptors (Lipinski definition) is 5. The van der Waals surface area contributed by atoms with E-state index in [0.717, 1.165) is 11.0 Å². The van der Waals surface area contributed by atoms with Crippen LogP contribution in [0.1, 0.15) is 31.9 Å². The molecule has 42 heavy (non-hydrogen) atoms. The topological polar surface area (TPSA) is 96.0 Å². The van der Waals surface area contributed by atoms with Crippen molar-refractivity contribution in [2.45, 2.75) is 50.5 Å². The quantitative estimate of drug-likeness (QED) is 0.303. The molecule has 2 amide bonds. The van der Waals surface area contributed by atoms with Crippen molar-refractivity contribution >= 4 is 39.1 Å². The molecule has 0 spiro atoms. The molecule has 0 saturated carbocycles. The van der Waals surface area contributed by atoms with Crippen LogP contribution >= 0.6 is 11.6 Å². The van der Waals surface area contributed by atoms with Crippen LogP contribution in [-0.2, 0) is 32.3 Å². The first kappa shape index (κ1) is 32.7. The first-order valence-electron chi connectivity index (χ1n) is 12.8. The van der Waals surface area contributed by atoms with E-state index in [1.165, 1.54) is 38.3 Å². The van der Waals surface area contributed by atoms with Crippen molar-refractivity contribution in [1.82, 2.24) is 10.2 Å². The molecular formula is C29H31ClF3N3O5S. The Bertz CT molecular complexity index is 1520. The summed E-state index contributed by atoms with van der Waals surface area (Å²) in [4.78, 5) is 27.8. The molecule has 0 aromatic heterocycles. The number of rotatable bonds is 11. The first-order chi connectivity index (χ1) is 19.6. The number of nitrogens with one attached hydrogen (secondary N) is 1. The fourth-order valence-electron chi connectivity index (χ4n) is 4.07. The third-order valence-corrected chi connectivity index (χ3v) is 8.33. The van der Waals surface area contributed by atoms with Gasteiger partial charge in [0.25, 0.3) is 10.0 Å². The van der Waals surface area contributed by atoms with Gasteiger partial charge in [0.05, 0.1) is 28.3 Å². The van der Waals surface area contributed by atoms with E-state index < -0.39 is 51.9 Å². The number of halogens is 4. The van der Waals surface area contributed by atoms with Gasteiger partial charge < -0.3 is 15.0 Å². The van der Waals surface area contributed by atoms with Crippen LogP contribution in [0.5, 0.6) is 5.75 Å². The van der Waals surface area contributed by atoms with Crippen molar-refractivity contribution in [3.8, 4) is 5.75 Å². The molecule has 1 atom stereocenters. The van der Waals surface area contributed by atoms with Gasteiger partial charge in [0.2, 0.25) is 11.8 Å². The van der Waals surface area contributed by atoms with Crippen LogP contribution in [0, 0.1) is 0 Å². The van der Waals surface area contributed by atoms with Crippen LogP contribution in [0.3, 0.4) is 0 Å². The highest BCUT2D eigenvalue weighted by Crippen LogP contribution is 2.37. The number of alkyl halides is 3. The van der Waals surface area contributed by atoms with Crippen LogP contribution in [0.4, 0.5) is 18.9 Å². The molecule has 8 nitrogen and oxygen atoms in total. The highest BCUT2D eigenvalue weighted by Gasteiger charge is 2.36. The maximum absolute atomic E-state index is 13.9. The molecule has 226 valence electrons. The Labute approximate surface area is 248 Å². The summed E-state index contributed by atoms with van der Waals surface area (Å²) in [5, 5.41) is 2.41.